The zero-order chi connectivity index (χ0) is 12.8. The third kappa shape index (κ3) is 3.62. The van der Waals surface area contributed by atoms with Crippen molar-refractivity contribution in [3.8, 4) is 5.75 Å². The largest absolute Gasteiger partial charge is 0.497 e. The van der Waals surface area contributed by atoms with Crippen molar-refractivity contribution in [1.29, 1.82) is 0 Å². The maximum absolute atomic E-state index is 11.5. The van der Waals surface area contributed by atoms with E-state index in [9.17, 15) is 4.79 Å². The third-order valence-corrected chi connectivity index (χ3v) is 2.99. The Bertz CT molecular complexity index is 432. The highest BCUT2D eigenvalue weighted by molar-refractivity contribution is 5.71. The molecule has 3 nitrogen and oxygen atoms in total. The van der Waals surface area contributed by atoms with Gasteiger partial charge in [0.25, 0.3) is 0 Å². The summed E-state index contributed by atoms with van der Waals surface area (Å²) in [4.78, 5) is 11.5. The van der Waals surface area contributed by atoms with Crippen LogP contribution in [0.2, 0.25) is 0 Å². The minimum absolute atomic E-state index is 0.116. The summed E-state index contributed by atoms with van der Waals surface area (Å²) in [6, 6.07) is 7.71. The molecule has 1 aromatic rings. The summed E-state index contributed by atoms with van der Waals surface area (Å²) >= 11 is 0. The number of carbonyl (C=O) groups is 1. The van der Waals surface area contributed by atoms with Crippen molar-refractivity contribution >= 4 is 12.0 Å². The maximum Gasteiger partial charge on any atom is 0.310 e. The molecule has 3 heteroatoms. The minimum atomic E-state index is -0.116. The van der Waals surface area contributed by atoms with Crippen molar-refractivity contribution in [1.82, 2.24) is 0 Å². The summed E-state index contributed by atoms with van der Waals surface area (Å²) in [6.07, 6.45) is 6.40. The first-order valence-electron chi connectivity index (χ1n) is 6.33. The maximum atomic E-state index is 11.5. The molecule has 0 spiro atoms. The molecule has 0 bridgehead atoms. The zero-order valence-corrected chi connectivity index (χ0v) is 10.6. The number of cyclic esters (lactones) is 1. The van der Waals surface area contributed by atoms with Gasteiger partial charge in [-0.3, -0.25) is 4.79 Å². The fraction of sp³-hybridized carbons (Fsp3) is 0.400. The summed E-state index contributed by atoms with van der Waals surface area (Å²) < 4.78 is 10.4. The summed E-state index contributed by atoms with van der Waals surface area (Å²) in [6.45, 7) is 0. The zero-order valence-electron chi connectivity index (χ0n) is 10.6. The second kappa shape index (κ2) is 6.24. The molecule has 1 fully saturated rings. The molecule has 96 valence electrons. The number of allylic oxidation sites excluding steroid dienone is 1. The first-order valence-corrected chi connectivity index (χ1v) is 6.33. The number of ether oxygens (including phenoxy) is 2. The van der Waals surface area contributed by atoms with E-state index >= 15 is 0 Å². The molecular formula is C15H18O3. The van der Waals surface area contributed by atoms with Crippen LogP contribution in [0.3, 0.4) is 0 Å². The fourth-order valence-electron chi connectivity index (χ4n) is 1.98. The monoisotopic (exact) mass is 246 g/mol. The van der Waals surface area contributed by atoms with E-state index in [0.717, 1.165) is 42.8 Å². The van der Waals surface area contributed by atoms with Crippen LogP contribution in [-0.4, -0.2) is 13.1 Å². The second-order valence-electron chi connectivity index (χ2n) is 4.42. The van der Waals surface area contributed by atoms with E-state index in [0.29, 0.717) is 6.42 Å². The van der Waals surface area contributed by atoms with E-state index in [2.05, 4.69) is 0 Å². The standard InChI is InChI=1S/C15H18O3/c1-17-13-9-7-12(8-10-13)11-14-5-3-2-4-6-15(16)18-14/h7-11H,2-6H2,1H3/b14-11-. The molecule has 1 saturated heterocycles. The highest BCUT2D eigenvalue weighted by Gasteiger charge is 2.11. The molecule has 18 heavy (non-hydrogen) atoms. The van der Waals surface area contributed by atoms with E-state index in [4.69, 9.17) is 9.47 Å². The van der Waals surface area contributed by atoms with E-state index < -0.39 is 0 Å². The van der Waals surface area contributed by atoms with Gasteiger partial charge in [0.15, 0.2) is 0 Å². The Kier molecular flexibility index (Phi) is 4.40. The summed E-state index contributed by atoms with van der Waals surface area (Å²) in [5.41, 5.74) is 1.03. The summed E-state index contributed by atoms with van der Waals surface area (Å²) in [5.74, 6) is 1.48. The van der Waals surface area contributed by atoms with Crippen LogP contribution in [0.25, 0.3) is 6.08 Å². The van der Waals surface area contributed by atoms with Gasteiger partial charge in [-0.05, 0) is 36.6 Å². The number of hydrogen-bond donors (Lipinski definition) is 0. The van der Waals surface area contributed by atoms with Crippen LogP contribution in [0.4, 0.5) is 0 Å². The fourth-order valence-corrected chi connectivity index (χ4v) is 1.98. The van der Waals surface area contributed by atoms with E-state index in [-0.39, 0.29) is 5.97 Å². The van der Waals surface area contributed by atoms with Gasteiger partial charge in [0.1, 0.15) is 11.5 Å². The Balaban J connectivity index is 2.10. The molecule has 1 aliphatic rings. The van der Waals surface area contributed by atoms with Gasteiger partial charge in [-0.15, -0.1) is 0 Å². The predicted molar refractivity (Wildman–Crippen MR) is 70.1 cm³/mol. The minimum Gasteiger partial charge on any atom is -0.497 e. The molecule has 0 N–H and O–H groups in total. The Morgan fingerprint density at radius 1 is 1.11 bits per heavy atom. The first-order chi connectivity index (χ1) is 8.78. The van der Waals surface area contributed by atoms with Gasteiger partial charge in [-0.1, -0.05) is 18.6 Å². The highest BCUT2D eigenvalue weighted by Crippen LogP contribution is 2.21. The SMILES string of the molecule is COc1ccc(/C=C2/CCCCCC(=O)O2)cc1. The topological polar surface area (TPSA) is 35.5 Å². The molecule has 0 aliphatic carbocycles. The van der Waals surface area contributed by atoms with Gasteiger partial charge in [-0.2, -0.15) is 0 Å². The van der Waals surface area contributed by atoms with Crippen molar-refractivity contribution in [3.63, 3.8) is 0 Å². The Hall–Kier alpha value is -1.77. The van der Waals surface area contributed by atoms with E-state index in [1.807, 2.05) is 30.3 Å². The van der Waals surface area contributed by atoms with E-state index in [1.54, 1.807) is 7.11 Å². The van der Waals surface area contributed by atoms with Gasteiger partial charge in [0.2, 0.25) is 0 Å². The van der Waals surface area contributed by atoms with E-state index in [1.165, 1.54) is 0 Å². The van der Waals surface area contributed by atoms with Gasteiger partial charge in [0.05, 0.1) is 7.11 Å². The third-order valence-electron chi connectivity index (χ3n) is 2.99. The normalized spacial score (nSPS) is 18.9. The number of esters is 1. The van der Waals surface area contributed by atoms with Crippen molar-refractivity contribution < 1.29 is 14.3 Å². The van der Waals surface area contributed by atoms with Gasteiger partial charge < -0.3 is 9.47 Å². The molecule has 0 saturated carbocycles. The van der Waals surface area contributed by atoms with Crippen LogP contribution in [0.15, 0.2) is 30.0 Å². The van der Waals surface area contributed by atoms with Crippen molar-refractivity contribution in [2.24, 2.45) is 0 Å². The smallest absolute Gasteiger partial charge is 0.310 e. The van der Waals surface area contributed by atoms with Crippen molar-refractivity contribution in [2.75, 3.05) is 7.11 Å². The first kappa shape index (κ1) is 12.7. The van der Waals surface area contributed by atoms with Crippen molar-refractivity contribution in [2.45, 2.75) is 32.1 Å². The quantitative estimate of drug-likeness (QED) is 0.749. The van der Waals surface area contributed by atoms with Crippen LogP contribution < -0.4 is 4.74 Å². The van der Waals surface area contributed by atoms with Gasteiger partial charge in [-0.25, -0.2) is 0 Å². The lowest BCUT2D eigenvalue weighted by Crippen LogP contribution is -2.07. The lowest BCUT2D eigenvalue weighted by atomic mass is 10.1. The van der Waals surface area contributed by atoms with Crippen LogP contribution in [0.1, 0.15) is 37.7 Å². The Morgan fingerprint density at radius 2 is 1.83 bits per heavy atom. The second-order valence-corrected chi connectivity index (χ2v) is 4.42. The lowest BCUT2D eigenvalue weighted by Gasteiger charge is -2.12. The molecule has 2 rings (SSSR count). The molecule has 0 amide bonds. The Morgan fingerprint density at radius 3 is 2.56 bits per heavy atom. The molecule has 1 aromatic carbocycles. The van der Waals surface area contributed by atoms with Gasteiger partial charge >= 0.3 is 5.97 Å². The predicted octanol–water partition coefficient (Wildman–Crippen LogP) is 3.54. The highest BCUT2D eigenvalue weighted by atomic mass is 16.5. The average molecular weight is 246 g/mol. The number of hydrogen-bond acceptors (Lipinski definition) is 3. The molecule has 0 unspecified atom stereocenters. The summed E-state index contributed by atoms with van der Waals surface area (Å²) in [7, 11) is 1.64. The number of carbonyl (C=O) groups excluding carboxylic acids is 1. The number of methoxy groups -OCH3 is 1. The van der Waals surface area contributed by atoms with Crippen LogP contribution in [-0.2, 0) is 9.53 Å². The molecule has 0 radical (unpaired) electrons. The van der Waals surface area contributed by atoms with Crippen LogP contribution in [0, 0.1) is 0 Å². The van der Waals surface area contributed by atoms with Crippen molar-refractivity contribution in [3.05, 3.63) is 35.6 Å². The van der Waals surface area contributed by atoms with Crippen LogP contribution in [0.5, 0.6) is 5.75 Å². The molecule has 0 aromatic heterocycles. The molecular weight excluding hydrogens is 228 g/mol. The lowest BCUT2D eigenvalue weighted by molar-refractivity contribution is -0.140. The Labute approximate surface area is 107 Å². The molecule has 0 atom stereocenters. The molecule has 1 aliphatic heterocycles. The van der Waals surface area contributed by atoms with Gasteiger partial charge in [0, 0.05) is 12.8 Å². The summed E-state index contributed by atoms with van der Waals surface area (Å²) in [5, 5.41) is 0. The van der Waals surface area contributed by atoms with Crippen LogP contribution >= 0.6 is 0 Å². The number of benzene rings is 1. The average Bonchev–Trinajstić information content (AvgIpc) is 2.36. The number of rotatable bonds is 2. The molecule has 1 heterocycles.